The van der Waals surface area contributed by atoms with Crippen LogP contribution in [0.15, 0.2) is 82.5 Å². The number of phenols is 1. The molecule has 2 aromatic carbocycles. The van der Waals surface area contributed by atoms with E-state index in [0.717, 1.165) is 42.3 Å². The van der Waals surface area contributed by atoms with Gasteiger partial charge in [-0.2, -0.15) is 18.4 Å². The van der Waals surface area contributed by atoms with E-state index in [1.807, 2.05) is 6.92 Å². The van der Waals surface area contributed by atoms with Gasteiger partial charge in [0, 0.05) is 22.0 Å². The molecule has 0 aromatic heterocycles. The number of nitrogens with zero attached hydrogens (tertiary/aromatic N) is 2. The zero-order valence-corrected chi connectivity index (χ0v) is 22.1. The zero-order chi connectivity index (χ0) is 29.0. The van der Waals surface area contributed by atoms with Crippen molar-refractivity contribution in [2.45, 2.75) is 43.4 Å². The maximum absolute atomic E-state index is 13.2. The summed E-state index contributed by atoms with van der Waals surface area (Å²) in [5.41, 5.74) is -1.54. The molecular weight excluding hydrogens is 529 g/mol. The second-order valence-electron chi connectivity index (χ2n) is 9.06. The van der Waals surface area contributed by atoms with Gasteiger partial charge in [0.25, 0.3) is 5.91 Å². The van der Waals surface area contributed by atoms with Gasteiger partial charge in [-0.05, 0) is 61.4 Å². The normalized spacial score (nSPS) is 14.8. The molecule has 0 radical (unpaired) electrons. The lowest BCUT2D eigenvalue weighted by atomic mass is 10.1. The third kappa shape index (κ3) is 7.31. The topological polar surface area (TPSA) is 118 Å². The third-order valence-corrected chi connectivity index (χ3v) is 6.97. The molecule has 0 saturated carbocycles. The van der Waals surface area contributed by atoms with Crippen LogP contribution in [0.1, 0.15) is 43.4 Å². The van der Waals surface area contributed by atoms with Crippen LogP contribution in [0, 0.1) is 11.3 Å². The van der Waals surface area contributed by atoms with Crippen LogP contribution in [0.4, 0.5) is 18.9 Å². The first kappa shape index (κ1) is 29.5. The molecule has 0 fully saturated rings. The maximum Gasteiger partial charge on any atom is 0.417 e. The van der Waals surface area contributed by atoms with Gasteiger partial charge in [0.05, 0.1) is 28.5 Å². The molecule has 4 N–H and O–H groups in total. The van der Waals surface area contributed by atoms with Crippen molar-refractivity contribution < 1.29 is 28.2 Å². The number of thioether (sulfide) groups is 1. The molecule has 0 saturated heterocycles. The molecule has 1 amide bonds. The number of hydrogen-bond acceptors (Lipinski definition) is 7. The highest BCUT2D eigenvalue weighted by atomic mass is 32.2. The quantitative estimate of drug-likeness (QED) is 0.287. The van der Waals surface area contributed by atoms with Crippen LogP contribution in [0.2, 0.25) is 0 Å². The average molecular weight is 557 g/mol. The number of nitrogens with one attached hydrogen (secondary N) is 2. The van der Waals surface area contributed by atoms with Crippen molar-refractivity contribution in [1.29, 1.82) is 5.26 Å². The summed E-state index contributed by atoms with van der Waals surface area (Å²) in [5.74, 6) is -0.769. The predicted octanol–water partition coefficient (Wildman–Crippen LogP) is 5.87. The van der Waals surface area contributed by atoms with Crippen molar-refractivity contribution in [2.24, 2.45) is 4.99 Å². The number of amidine groups is 1. The number of halogens is 3. The SMILES string of the molecule is C=C1C=C(C(=C)CCC)N=C(c2cc(SC[C@](C)(O)C(=O)Nc3ccc(C#N)c(C(F)(F)F)c3)ccc2O)N1. The van der Waals surface area contributed by atoms with Crippen LogP contribution in [-0.2, 0) is 11.0 Å². The van der Waals surface area contributed by atoms with Crippen molar-refractivity contribution in [3.05, 3.63) is 89.3 Å². The molecule has 1 atom stereocenters. The fourth-order valence-electron chi connectivity index (χ4n) is 3.58. The average Bonchev–Trinajstić information content (AvgIpc) is 2.87. The van der Waals surface area contributed by atoms with Crippen LogP contribution in [0.3, 0.4) is 0 Å². The number of alkyl halides is 3. The number of amides is 1. The Balaban J connectivity index is 1.76. The van der Waals surface area contributed by atoms with Gasteiger partial charge in [0.2, 0.25) is 0 Å². The Hall–Kier alpha value is -4.01. The number of benzene rings is 2. The highest BCUT2D eigenvalue weighted by Crippen LogP contribution is 2.34. The summed E-state index contributed by atoms with van der Waals surface area (Å²) in [6.45, 7) is 11.2. The lowest BCUT2D eigenvalue weighted by Gasteiger charge is -2.23. The minimum atomic E-state index is -4.79. The minimum absolute atomic E-state index is 0.0495. The standard InChI is InChI=1S/C28H27F3N4O3S/c1-5-6-16(2)23-11-17(3)33-25(35-23)21-13-20(9-10-24(21)36)39-15-27(4,38)26(37)34-19-8-7-18(14-32)22(12-19)28(29,30)31/h7-13,36,38H,2-3,5-6,15H2,1,4H3,(H,33,35)(H,34,37)/t27-/m0/s1. The fraction of sp³-hybridized carbons (Fsp3) is 0.250. The van der Waals surface area contributed by atoms with E-state index in [4.69, 9.17) is 5.26 Å². The molecule has 204 valence electrons. The molecule has 0 spiro atoms. The number of anilines is 1. The predicted molar refractivity (Wildman–Crippen MR) is 145 cm³/mol. The van der Waals surface area contributed by atoms with E-state index in [2.05, 4.69) is 28.8 Å². The Bertz CT molecular complexity index is 1420. The third-order valence-electron chi connectivity index (χ3n) is 5.67. The van der Waals surface area contributed by atoms with Gasteiger partial charge in [-0.15, -0.1) is 11.8 Å². The van der Waals surface area contributed by atoms with E-state index in [1.165, 1.54) is 19.1 Å². The molecule has 1 aliphatic rings. The molecule has 0 aliphatic carbocycles. The molecule has 1 aliphatic heterocycles. The Morgan fingerprint density at radius 2 is 1.97 bits per heavy atom. The molecule has 0 bridgehead atoms. The van der Waals surface area contributed by atoms with Gasteiger partial charge < -0.3 is 20.8 Å². The van der Waals surface area contributed by atoms with Crippen LogP contribution in [0.5, 0.6) is 5.75 Å². The van der Waals surface area contributed by atoms with Gasteiger partial charge in [-0.3, -0.25) is 4.79 Å². The zero-order valence-electron chi connectivity index (χ0n) is 21.3. The maximum atomic E-state index is 13.2. The molecule has 1 heterocycles. The summed E-state index contributed by atoms with van der Waals surface area (Å²) in [5, 5.41) is 35.5. The summed E-state index contributed by atoms with van der Waals surface area (Å²) in [6, 6.07) is 8.91. The number of carbonyl (C=O) groups is 1. The number of hydrogen-bond donors (Lipinski definition) is 4. The van der Waals surface area contributed by atoms with Gasteiger partial charge in [0.15, 0.2) is 0 Å². The number of rotatable bonds is 9. The van der Waals surface area contributed by atoms with E-state index >= 15 is 0 Å². The van der Waals surface area contributed by atoms with Gasteiger partial charge in [-0.25, -0.2) is 4.99 Å². The van der Waals surface area contributed by atoms with Crippen LogP contribution in [-0.4, -0.2) is 33.3 Å². The summed E-state index contributed by atoms with van der Waals surface area (Å²) in [7, 11) is 0. The monoisotopic (exact) mass is 556 g/mol. The Morgan fingerprint density at radius 3 is 2.62 bits per heavy atom. The summed E-state index contributed by atoms with van der Waals surface area (Å²) < 4.78 is 39.7. The largest absolute Gasteiger partial charge is 0.507 e. The highest BCUT2D eigenvalue weighted by Gasteiger charge is 2.35. The first-order valence-corrected chi connectivity index (χ1v) is 12.8. The van der Waals surface area contributed by atoms with Crippen LogP contribution < -0.4 is 10.6 Å². The lowest BCUT2D eigenvalue weighted by molar-refractivity contribution is -0.137. The van der Waals surface area contributed by atoms with E-state index in [0.29, 0.717) is 33.8 Å². The summed E-state index contributed by atoms with van der Waals surface area (Å²) in [4.78, 5) is 17.9. The van der Waals surface area contributed by atoms with E-state index in [1.54, 1.807) is 18.2 Å². The smallest absolute Gasteiger partial charge is 0.417 e. The number of carbonyl (C=O) groups excluding carboxylic acids is 1. The molecule has 39 heavy (non-hydrogen) atoms. The summed E-state index contributed by atoms with van der Waals surface area (Å²) in [6.07, 6.45) is -1.39. The van der Waals surface area contributed by atoms with Crippen molar-refractivity contribution >= 4 is 29.2 Å². The fourth-order valence-corrected chi connectivity index (χ4v) is 4.52. The Morgan fingerprint density at radius 1 is 1.26 bits per heavy atom. The van der Waals surface area contributed by atoms with Gasteiger partial charge in [0.1, 0.15) is 17.2 Å². The number of aromatic hydroxyl groups is 1. The van der Waals surface area contributed by atoms with E-state index in [-0.39, 0.29) is 17.2 Å². The van der Waals surface area contributed by atoms with Gasteiger partial charge in [-0.1, -0.05) is 26.5 Å². The number of aliphatic hydroxyl groups is 1. The van der Waals surface area contributed by atoms with Gasteiger partial charge >= 0.3 is 6.18 Å². The second-order valence-corrected chi connectivity index (χ2v) is 10.1. The molecule has 7 nitrogen and oxygen atoms in total. The molecular formula is C28H27F3N4O3S. The molecule has 0 unspecified atom stereocenters. The number of aliphatic imine (C=N–C) groups is 1. The Labute approximate surface area is 228 Å². The molecule has 2 aromatic rings. The highest BCUT2D eigenvalue weighted by molar-refractivity contribution is 7.99. The van der Waals surface area contributed by atoms with Crippen LogP contribution in [0.25, 0.3) is 0 Å². The van der Waals surface area contributed by atoms with Crippen molar-refractivity contribution in [2.75, 3.05) is 11.1 Å². The van der Waals surface area contributed by atoms with Crippen molar-refractivity contribution in [1.82, 2.24) is 5.32 Å². The molecule has 11 heteroatoms. The lowest BCUT2D eigenvalue weighted by Crippen LogP contribution is -2.42. The van der Waals surface area contributed by atoms with Crippen molar-refractivity contribution in [3.8, 4) is 11.8 Å². The number of allylic oxidation sites excluding steroid dienone is 2. The first-order valence-electron chi connectivity index (χ1n) is 11.8. The second kappa shape index (κ2) is 11.8. The first-order chi connectivity index (χ1) is 18.2. The van der Waals surface area contributed by atoms with Crippen molar-refractivity contribution in [3.63, 3.8) is 0 Å². The van der Waals surface area contributed by atoms with E-state index < -0.39 is 28.8 Å². The Kier molecular flexibility index (Phi) is 8.94. The number of nitriles is 1. The van der Waals surface area contributed by atoms with E-state index in [9.17, 15) is 28.2 Å². The summed E-state index contributed by atoms with van der Waals surface area (Å²) >= 11 is 1.10. The minimum Gasteiger partial charge on any atom is -0.507 e. The van der Waals surface area contributed by atoms with Crippen LogP contribution >= 0.6 is 11.8 Å². The molecule has 3 rings (SSSR count). The number of phenolic OH excluding ortho intramolecular Hbond substituents is 1.